The largest absolute Gasteiger partial charge is 0.417 e. The van der Waals surface area contributed by atoms with Crippen LogP contribution in [-0.4, -0.2) is 52.8 Å². The maximum atomic E-state index is 13.7. The van der Waals surface area contributed by atoms with Gasteiger partial charge in [-0.2, -0.15) is 18.2 Å². The topological polar surface area (TPSA) is 91.4 Å². The van der Waals surface area contributed by atoms with Crippen LogP contribution in [0.4, 0.5) is 30.8 Å². The van der Waals surface area contributed by atoms with E-state index in [0.29, 0.717) is 30.8 Å². The van der Waals surface area contributed by atoms with E-state index < -0.39 is 11.7 Å². The average molecular weight is 422 g/mol. The molecule has 0 amide bonds. The Morgan fingerprint density at radius 2 is 1.83 bits per heavy atom. The highest BCUT2D eigenvalue weighted by Gasteiger charge is 2.35. The number of halogens is 3. The van der Waals surface area contributed by atoms with Crippen LogP contribution in [0.2, 0.25) is 0 Å². The molecule has 0 aromatic carbocycles. The zero-order valence-corrected chi connectivity index (χ0v) is 16.7. The van der Waals surface area contributed by atoms with Gasteiger partial charge < -0.3 is 20.6 Å². The number of anilines is 3. The normalized spacial score (nSPS) is 18.6. The van der Waals surface area contributed by atoms with Crippen LogP contribution < -0.4 is 15.5 Å². The van der Waals surface area contributed by atoms with Crippen molar-refractivity contribution in [2.24, 2.45) is 11.8 Å². The Kier molecular flexibility index (Phi) is 5.44. The molecule has 0 spiro atoms. The summed E-state index contributed by atoms with van der Waals surface area (Å²) in [6.45, 7) is 5.15. The van der Waals surface area contributed by atoms with E-state index in [0.717, 1.165) is 38.2 Å². The Bertz CT molecular complexity index is 908. The van der Waals surface area contributed by atoms with Crippen LogP contribution in [0.1, 0.15) is 25.3 Å². The fraction of sp³-hybridized carbons (Fsp3) is 0.550. The second-order valence-corrected chi connectivity index (χ2v) is 8.19. The van der Waals surface area contributed by atoms with Gasteiger partial charge >= 0.3 is 6.18 Å². The minimum Gasteiger partial charge on any atom is -0.396 e. The van der Waals surface area contributed by atoms with Gasteiger partial charge in [0.15, 0.2) is 0 Å². The summed E-state index contributed by atoms with van der Waals surface area (Å²) < 4.78 is 41.0. The van der Waals surface area contributed by atoms with E-state index >= 15 is 0 Å². The van der Waals surface area contributed by atoms with Crippen LogP contribution in [-0.2, 0) is 6.18 Å². The lowest BCUT2D eigenvalue weighted by atomic mass is 9.98. The summed E-state index contributed by atoms with van der Waals surface area (Å²) in [5.41, 5.74) is 4.73. The number of nitrogens with zero attached hydrogens (tertiary/aromatic N) is 5. The number of hydrogen-bond donors (Lipinski definition) is 2. The number of nitrogens with two attached hydrogens (primary N) is 1. The number of pyridine rings is 1. The Balaban J connectivity index is 1.76. The quantitative estimate of drug-likeness (QED) is 0.783. The number of hydrogen-bond acceptors (Lipinski definition) is 7. The summed E-state index contributed by atoms with van der Waals surface area (Å²) >= 11 is 0. The third kappa shape index (κ3) is 4.14. The van der Waals surface area contributed by atoms with Crippen LogP contribution in [0, 0.1) is 11.8 Å². The summed E-state index contributed by atoms with van der Waals surface area (Å²) in [5.74, 6) is 1.57. The maximum absolute atomic E-state index is 13.7. The molecule has 2 saturated heterocycles. The minimum absolute atomic E-state index is 0.111. The van der Waals surface area contributed by atoms with Crippen LogP contribution >= 0.6 is 0 Å². The molecule has 2 aliphatic rings. The lowest BCUT2D eigenvalue weighted by Crippen LogP contribution is -2.46. The summed E-state index contributed by atoms with van der Waals surface area (Å²) in [4.78, 5) is 17.0. The second kappa shape index (κ2) is 7.90. The molecule has 2 aromatic heterocycles. The van der Waals surface area contributed by atoms with E-state index in [1.54, 1.807) is 6.07 Å². The predicted molar refractivity (Wildman–Crippen MR) is 108 cm³/mol. The molecule has 3 N–H and O–H groups in total. The van der Waals surface area contributed by atoms with E-state index in [4.69, 9.17) is 5.73 Å². The van der Waals surface area contributed by atoms with Gasteiger partial charge in [0.1, 0.15) is 11.6 Å². The van der Waals surface area contributed by atoms with Gasteiger partial charge in [0, 0.05) is 50.6 Å². The van der Waals surface area contributed by atoms with Gasteiger partial charge in [0.2, 0.25) is 5.95 Å². The smallest absolute Gasteiger partial charge is 0.396 e. The maximum Gasteiger partial charge on any atom is 0.417 e. The van der Waals surface area contributed by atoms with Crippen LogP contribution in [0.5, 0.6) is 0 Å². The van der Waals surface area contributed by atoms with Crippen LogP contribution in [0.3, 0.4) is 0 Å². The van der Waals surface area contributed by atoms with Crippen molar-refractivity contribution in [3.63, 3.8) is 0 Å². The van der Waals surface area contributed by atoms with Crippen molar-refractivity contribution in [1.29, 1.82) is 0 Å². The van der Waals surface area contributed by atoms with Crippen molar-refractivity contribution < 1.29 is 18.3 Å². The molecule has 7 nitrogen and oxygen atoms in total. The number of aliphatic hydroxyl groups is 1. The van der Waals surface area contributed by atoms with Gasteiger partial charge in [-0.05, 0) is 30.7 Å². The number of rotatable bonds is 4. The molecule has 0 atom stereocenters. The number of aliphatic hydroxyl groups excluding tert-OH is 1. The third-order valence-corrected chi connectivity index (χ3v) is 5.75. The fourth-order valence-electron chi connectivity index (χ4n) is 3.98. The Morgan fingerprint density at radius 3 is 2.43 bits per heavy atom. The van der Waals surface area contributed by atoms with Crippen molar-refractivity contribution in [3.05, 3.63) is 23.9 Å². The SMILES string of the molecule is CC1CN(c2cc(-c3cnc(N)cc3C(F)(F)F)nc(N3CCC(CO)CC3)n2)C1. The Hall–Kier alpha value is -2.62. The summed E-state index contributed by atoms with van der Waals surface area (Å²) in [6.07, 6.45) is -1.87. The molecule has 0 radical (unpaired) electrons. The van der Waals surface area contributed by atoms with E-state index in [-0.39, 0.29) is 29.6 Å². The summed E-state index contributed by atoms with van der Waals surface area (Å²) in [5, 5.41) is 9.37. The van der Waals surface area contributed by atoms with E-state index in [9.17, 15) is 18.3 Å². The highest BCUT2D eigenvalue weighted by molar-refractivity contribution is 5.69. The molecule has 0 aliphatic carbocycles. The van der Waals surface area contributed by atoms with E-state index in [1.165, 1.54) is 0 Å². The van der Waals surface area contributed by atoms with Gasteiger partial charge in [-0.3, -0.25) is 0 Å². The van der Waals surface area contributed by atoms with Crippen molar-refractivity contribution in [2.75, 3.05) is 48.3 Å². The molecule has 2 fully saturated rings. The van der Waals surface area contributed by atoms with Crippen LogP contribution in [0.15, 0.2) is 18.3 Å². The zero-order chi connectivity index (χ0) is 21.5. The molecule has 0 saturated carbocycles. The van der Waals surface area contributed by atoms with Crippen molar-refractivity contribution in [1.82, 2.24) is 15.0 Å². The molecule has 10 heteroatoms. The molecule has 0 unspecified atom stereocenters. The standard InChI is InChI=1S/C20H25F3N6O/c1-12-9-29(10-12)18-7-16(14-8-25-17(24)6-15(14)20(21,22)23)26-19(27-18)28-4-2-13(11-30)3-5-28/h6-8,12-13,30H,2-5,9-11H2,1H3,(H2,24,25). The summed E-state index contributed by atoms with van der Waals surface area (Å²) in [7, 11) is 0. The zero-order valence-electron chi connectivity index (χ0n) is 16.7. The first kappa shape index (κ1) is 20.6. The molecular formula is C20H25F3N6O. The highest BCUT2D eigenvalue weighted by atomic mass is 19.4. The number of alkyl halides is 3. The summed E-state index contributed by atoms with van der Waals surface area (Å²) in [6, 6.07) is 2.44. The Labute approximate surface area is 172 Å². The molecule has 4 rings (SSSR count). The van der Waals surface area contributed by atoms with Crippen LogP contribution in [0.25, 0.3) is 11.3 Å². The average Bonchev–Trinajstić information content (AvgIpc) is 2.70. The van der Waals surface area contributed by atoms with E-state index in [1.807, 2.05) is 9.80 Å². The minimum atomic E-state index is -4.58. The van der Waals surface area contributed by atoms with E-state index in [2.05, 4.69) is 21.9 Å². The molecular weight excluding hydrogens is 397 g/mol. The molecule has 0 bridgehead atoms. The van der Waals surface area contributed by atoms with Crippen molar-refractivity contribution >= 4 is 17.6 Å². The number of piperidine rings is 1. The first-order chi connectivity index (χ1) is 14.2. The lowest BCUT2D eigenvalue weighted by molar-refractivity contribution is -0.137. The van der Waals surface area contributed by atoms with Gasteiger partial charge in [-0.1, -0.05) is 6.92 Å². The molecule has 162 valence electrons. The second-order valence-electron chi connectivity index (χ2n) is 8.19. The monoisotopic (exact) mass is 422 g/mol. The van der Waals surface area contributed by atoms with Crippen molar-refractivity contribution in [3.8, 4) is 11.3 Å². The molecule has 4 heterocycles. The van der Waals surface area contributed by atoms with Gasteiger partial charge in [-0.15, -0.1) is 0 Å². The molecule has 2 aromatic rings. The number of aromatic nitrogens is 3. The number of nitrogen functional groups attached to an aromatic ring is 1. The molecule has 2 aliphatic heterocycles. The first-order valence-corrected chi connectivity index (χ1v) is 10.1. The molecule has 30 heavy (non-hydrogen) atoms. The predicted octanol–water partition coefficient (Wildman–Crippen LogP) is 2.80. The lowest BCUT2D eigenvalue weighted by Gasteiger charge is -2.39. The fourth-order valence-corrected chi connectivity index (χ4v) is 3.98. The first-order valence-electron chi connectivity index (χ1n) is 10.1. The van der Waals surface area contributed by atoms with Gasteiger partial charge in [0.05, 0.1) is 11.3 Å². The van der Waals surface area contributed by atoms with Gasteiger partial charge in [0.25, 0.3) is 0 Å². The third-order valence-electron chi connectivity index (χ3n) is 5.75. The Morgan fingerprint density at radius 1 is 1.13 bits per heavy atom. The van der Waals surface area contributed by atoms with Crippen molar-refractivity contribution in [2.45, 2.75) is 25.9 Å². The van der Waals surface area contributed by atoms with Gasteiger partial charge in [-0.25, -0.2) is 9.97 Å². The highest BCUT2D eigenvalue weighted by Crippen LogP contribution is 2.38.